The Kier molecular flexibility index (Phi) is 6.04. The van der Waals surface area contributed by atoms with Crippen molar-refractivity contribution in [3.8, 4) is 0 Å². The zero-order valence-electron chi connectivity index (χ0n) is 19.2. The van der Waals surface area contributed by atoms with Crippen molar-refractivity contribution in [3.05, 3.63) is 60.2 Å². The molecule has 8 nitrogen and oxygen atoms in total. The van der Waals surface area contributed by atoms with Gasteiger partial charge in [0.1, 0.15) is 17.6 Å². The van der Waals surface area contributed by atoms with E-state index < -0.39 is 41.6 Å². The Bertz CT molecular complexity index is 1020. The minimum atomic E-state index is -1.30. The number of carbonyl (C=O) groups excluding carboxylic acids is 3. The predicted octanol–water partition coefficient (Wildman–Crippen LogP) is 1.44. The quantitative estimate of drug-likeness (QED) is 0.533. The van der Waals surface area contributed by atoms with Crippen LogP contribution in [0.3, 0.4) is 0 Å². The van der Waals surface area contributed by atoms with Gasteiger partial charge in [0.15, 0.2) is 0 Å². The molecule has 4 heterocycles. The van der Waals surface area contributed by atoms with Gasteiger partial charge >= 0.3 is 5.97 Å². The highest BCUT2D eigenvalue weighted by Gasteiger charge is 2.72. The number of benzene rings is 1. The first-order chi connectivity index (χ1) is 16.5. The van der Waals surface area contributed by atoms with Crippen molar-refractivity contribution in [2.75, 3.05) is 19.8 Å². The van der Waals surface area contributed by atoms with E-state index in [1.807, 2.05) is 48.6 Å². The number of esters is 1. The number of carbonyl (C=O) groups is 3. The number of allylic oxidation sites excluding steroid dienone is 1. The van der Waals surface area contributed by atoms with Gasteiger partial charge in [-0.1, -0.05) is 54.6 Å². The number of fused-ring (bicyclic) bond motifs is 2. The summed E-state index contributed by atoms with van der Waals surface area (Å²) in [4.78, 5) is 44.1. The van der Waals surface area contributed by atoms with Gasteiger partial charge in [0.2, 0.25) is 11.8 Å². The van der Waals surface area contributed by atoms with Gasteiger partial charge in [-0.15, -0.1) is 0 Å². The van der Waals surface area contributed by atoms with Gasteiger partial charge in [-0.3, -0.25) is 14.4 Å². The molecule has 1 aromatic carbocycles. The topological polar surface area (TPSA) is 96.4 Å². The Morgan fingerprint density at radius 2 is 1.94 bits per heavy atom. The van der Waals surface area contributed by atoms with Gasteiger partial charge in [0, 0.05) is 13.1 Å². The third-order valence-electron chi connectivity index (χ3n) is 7.33. The maximum Gasteiger partial charge on any atom is 0.312 e. The second-order valence-electron chi connectivity index (χ2n) is 9.46. The molecule has 0 bridgehead atoms. The molecule has 1 N–H and O–H groups in total. The number of amides is 2. The number of nitrogens with zero attached hydrogens (tertiary/aromatic N) is 2. The molecule has 6 atom stereocenters. The van der Waals surface area contributed by atoms with Crippen LogP contribution in [0.4, 0.5) is 0 Å². The summed E-state index contributed by atoms with van der Waals surface area (Å²) in [5.74, 6) is -2.84. The second kappa shape index (κ2) is 9.00. The molecule has 2 amide bonds. The highest BCUT2D eigenvalue weighted by atomic mass is 16.6. The molecule has 8 heteroatoms. The third kappa shape index (κ3) is 3.56. The molecule has 0 aromatic heterocycles. The predicted molar refractivity (Wildman–Crippen MR) is 122 cm³/mol. The zero-order valence-corrected chi connectivity index (χ0v) is 19.2. The first-order valence-corrected chi connectivity index (χ1v) is 11.9. The molecule has 2 saturated heterocycles. The van der Waals surface area contributed by atoms with Crippen LogP contribution in [0.15, 0.2) is 54.6 Å². The standard InChI is InChI=1S/C26H30N2O6/c1-17(16-29)28-22-24(31)27(15-18-9-4-2-5-10-18)13-8-12-26(22)21(23(28)30)20-19(34-26)11-6-3-7-14-33-25(20)32/h2,4-6,8-12,17,19-22,29H,3,7,13-16H2,1H3/b11-6-/t17-,19+,20-,21+,22?,26+/m1/s1. The smallest absolute Gasteiger partial charge is 0.312 e. The van der Waals surface area contributed by atoms with E-state index in [2.05, 4.69) is 0 Å². The van der Waals surface area contributed by atoms with Crippen molar-refractivity contribution < 1.29 is 29.0 Å². The number of cyclic esters (lactones) is 1. The normalized spacial score (nSPS) is 34.8. The average molecular weight is 467 g/mol. The lowest BCUT2D eigenvalue weighted by Gasteiger charge is -2.37. The number of hydrogen-bond acceptors (Lipinski definition) is 6. The van der Waals surface area contributed by atoms with Crippen molar-refractivity contribution in [2.45, 2.75) is 50.1 Å². The van der Waals surface area contributed by atoms with Crippen LogP contribution in [0, 0.1) is 11.8 Å². The monoisotopic (exact) mass is 466 g/mol. The van der Waals surface area contributed by atoms with Crippen LogP contribution in [0.2, 0.25) is 0 Å². The summed E-state index contributed by atoms with van der Waals surface area (Å²) in [7, 11) is 0. The highest BCUT2D eigenvalue weighted by molar-refractivity contribution is 5.99. The van der Waals surface area contributed by atoms with Crippen LogP contribution < -0.4 is 0 Å². The molecule has 34 heavy (non-hydrogen) atoms. The fourth-order valence-corrected chi connectivity index (χ4v) is 5.75. The van der Waals surface area contributed by atoms with Crippen LogP contribution in [-0.4, -0.2) is 76.2 Å². The van der Waals surface area contributed by atoms with Crippen LogP contribution in [0.1, 0.15) is 25.3 Å². The Hall–Kier alpha value is -2.97. The SMILES string of the molecule is C[C@H](CO)N1C(=O)[C@@H]2[C@@H]3C(=O)OCCC/C=C\[C@@H]3O[C@@]23C=CCN(Cc2ccccc2)C(=O)C13. The zero-order chi connectivity index (χ0) is 23.9. The Morgan fingerprint density at radius 3 is 2.71 bits per heavy atom. The van der Waals surface area contributed by atoms with E-state index in [4.69, 9.17) is 9.47 Å². The van der Waals surface area contributed by atoms with E-state index in [9.17, 15) is 19.5 Å². The van der Waals surface area contributed by atoms with E-state index in [0.29, 0.717) is 19.5 Å². The summed E-state index contributed by atoms with van der Waals surface area (Å²) >= 11 is 0. The van der Waals surface area contributed by atoms with E-state index in [-0.39, 0.29) is 25.0 Å². The van der Waals surface area contributed by atoms with Gasteiger partial charge in [0.05, 0.1) is 31.3 Å². The molecule has 4 aliphatic rings. The molecule has 5 rings (SSSR count). The summed E-state index contributed by atoms with van der Waals surface area (Å²) in [5, 5.41) is 9.95. The molecule has 180 valence electrons. The third-order valence-corrected chi connectivity index (χ3v) is 7.33. The van der Waals surface area contributed by atoms with Crippen molar-refractivity contribution in [3.63, 3.8) is 0 Å². The lowest BCUT2D eigenvalue weighted by Crippen LogP contribution is -2.57. The summed E-state index contributed by atoms with van der Waals surface area (Å²) in [6.45, 7) is 2.41. The van der Waals surface area contributed by atoms with Crippen molar-refractivity contribution in [2.24, 2.45) is 11.8 Å². The van der Waals surface area contributed by atoms with Gasteiger partial charge in [-0.05, 0) is 25.3 Å². The molecular formula is C26H30N2O6. The van der Waals surface area contributed by atoms with Crippen molar-refractivity contribution in [1.29, 1.82) is 0 Å². The maximum atomic E-state index is 14.0. The molecule has 1 spiro atoms. The Morgan fingerprint density at radius 1 is 1.15 bits per heavy atom. The van der Waals surface area contributed by atoms with Crippen molar-refractivity contribution in [1.82, 2.24) is 9.80 Å². The number of aliphatic hydroxyl groups is 1. The van der Waals surface area contributed by atoms with E-state index in [1.165, 1.54) is 4.90 Å². The van der Waals surface area contributed by atoms with Gasteiger partial charge < -0.3 is 24.4 Å². The van der Waals surface area contributed by atoms with Crippen LogP contribution in [0.5, 0.6) is 0 Å². The number of rotatable bonds is 4. The van der Waals surface area contributed by atoms with Crippen molar-refractivity contribution >= 4 is 17.8 Å². The average Bonchev–Trinajstić information content (AvgIpc) is 3.26. The number of hydrogen-bond donors (Lipinski definition) is 1. The first kappa shape index (κ1) is 22.8. The molecule has 0 aliphatic carbocycles. The second-order valence-corrected chi connectivity index (χ2v) is 9.46. The highest BCUT2D eigenvalue weighted by Crippen LogP contribution is 2.53. The first-order valence-electron chi connectivity index (χ1n) is 11.9. The molecule has 4 aliphatic heterocycles. The minimum Gasteiger partial charge on any atom is -0.465 e. The van der Waals surface area contributed by atoms with E-state index in [0.717, 1.165) is 12.0 Å². The number of aliphatic hydroxyl groups excluding tert-OH is 1. The minimum absolute atomic E-state index is 0.256. The summed E-state index contributed by atoms with van der Waals surface area (Å²) in [6, 6.07) is 8.06. The molecular weight excluding hydrogens is 436 g/mol. The molecule has 1 unspecified atom stereocenters. The van der Waals surface area contributed by atoms with Crippen LogP contribution in [0.25, 0.3) is 0 Å². The lowest BCUT2D eigenvalue weighted by molar-refractivity contribution is -0.156. The maximum absolute atomic E-state index is 14.0. The van der Waals surface area contributed by atoms with Crippen LogP contribution in [-0.2, 0) is 30.4 Å². The lowest BCUT2D eigenvalue weighted by atomic mass is 9.78. The molecule has 1 aromatic rings. The number of likely N-dealkylation sites (tertiary alicyclic amines) is 1. The van der Waals surface area contributed by atoms with Gasteiger partial charge in [-0.25, -0.2) is 0 Å². The van der Waals surface area contributed by atoms with Crippen LogP contribution >= 0.6 is 0 Å². The van der Waals surface area contributed by atoms with Gasteiger partial charge in [0.25, 0.3) is 0 Å². The fourth-order valence-electron chi connectivity index (χ4n) is 5.75. The number of ether oxygens (including phenoxy) is 2. The fraction of sp³-hybridized carbons (Fsp3) is 0.500. The Balaban J connectivity index is 1.58. The van der Waals surface area contributed by atoms with E-state index in [1.54, 1.807) is 17.9 Å². The molecule has 0 saturated carbocycles. The van der Waals surface area contributed by atoms with E-state index >= 15 is 0 Å². The largest absolute Gasteiger partial charge is 0.465 e. The summed E-state index contributed by atoms with van der Waals surface area (Å²) in [6.07, 6.45) is 8.22. The summed E-state index contributed by atoms with van der Waals surface area (Å²) < 4.78 is 12.0. The molecule has 0 radical (unpaired) electrons. The molecule has 2 fully saturated rings. The Labute approximate surface area is 198 Å². The van der Waals surface area contributed by atoms with Gasteiger partial charge in [-0.2, -0.15) is 0 Å². The summed E-state index contributed by atoms with van der Waals surface area (Å²) in [5.41, 5.74) is -0.333.